The van der Waals surface area contributed by atoms with Crippen molar-refractivity contribution < 1.29 is 8.42 Å². The van der Waals surface area contributed by atoms with Gasteiger partial charge in [-0.05, 0) is 51.8 Å². The fourth-order valence-corrected chi connectivity index (χ4v) is 2.86. The quantitative estimate of drug-likeness (QED) is 0.688. The van der Waals surface area contributed by atoms with E-state index in [1.807, 2.05) is 32.1 Å². The van der Waals surface area contributed by atoms with Gasteiger partial charge in [-0.1, -0.05) is 12.1 Å². The number of nitrogens with one attached hydrogen (secondary N) is 2. The lowest BCUT2D eigenvalue weighted by Crippen LogP contribution is -2.27. The zero-order valence-corrected chi connectivity index (χ0v) is 12.6. The molecule has 0 atom stereocenters. The van der Waals surface area contributed by atoms with E-state index in [0.717, 1.165) is 18.5 Å². The topological polar surface area (TPSA) is 61.4 Å². The van der Waals surface area contributed by atoms with Crippen molar-refractivity contribution >= 4 is 10.0 Å². The van der Waals surface area contributed by atoms with E-state index in [1.54, 1.807) is 18.2 Å². The van der Waals surface area contributed by atoms with Gasteiger partial charge in [0, 0.05) is 13.1 Å². The van der Waals surface area contributed by atoms with Crippen LogP contribution in [0.25, 0.3) is 0 Å². The highest BCUT2D eigenvalue weighted by Gasteiger charge is 2.13. The SMILES string of the molecule is CNCc1cccc(S(=O)(=O)NCCCN(C)C)c1. The van der Waals surface area contributed by atoms with E-state index < -0.39 is 10.0 Å². The van der Waals surface area contributed by atoms with Gasteiger partial charge in [0.15, 0.2) is 0 Å². The highest BCUT2D eigenvalue weighted by atomic mass is 32.2. The summed E-state index contributed by atoms with van der Waals surface area (Å²) in [4.78, 5) is 2.35. The summed E-state index contributed by atoms with van der Waals surface area (Å²) in [6.45, 7) is 1.98. The molecule has 6 heteroatoms. The van der Waals surface area contributed by atoms with Gasteiger partial charge in [-0.25, -0.2) is 13.1 Å². The molecular weight excluding hydrogens is 262 g/mol. The second-order valence-corrected chi connectivity index (χ2v) is 6.50. The van der Waals surface area contributed by atoms with Gasteiger partial charge in [-0.3, -0.25) is 0 Å². The molecule has 0 aromatic heterocycles. The summed E-state index contributed by atoms with van der Waals surface area (Å²) < 4.78 is 26.8. The number of rotatable bonds is 8. The maximum atomic E-state index is 12.1. The molecule has 5 nitrogen and oxygen atoms in total. The molecule has 2 N–H and O–H groups in total. The van der Waals surface area contributed by atoms with Crippen molar-refractivity contribution in [1.82, 2.24) is 14.9 Å². The van der Waals surface area contributed by atoms with E-state index in [9.17, 15) is 8.42 Å². The Labute approximate surface area is 116 Å². The zero-order chi connectivity index (χ0) is 14.3. The molecule has 0 bridgehead atoms. The lowest BCUT2D eigenvalue weighted by Gasteiger charge is -2.11. The number of sulfonamides is 1. The molecule has 1 aromatic carbocycles. The minimum atomic E-state index is -3.40. The van der Waals surface area contributed by atoms with E-state index in [4.69, 9.17) is 0 Å². The van der Waals surface area contributed by atoms with Crippen molar-refractivity contribution in [1.29, 1.82) is 0 Å². The molecule has 0 saturated heterocycles. The minimum absolute atomic E-state index is 0.324. The van der Waals surface area contributed by atoms with Gasteiger partial charge in [0.05, 0.1) is 4.90 Å². The van der Waals surface area contributed by atoms with Crippen LogP contribution < -0.4 is 10.0 Å². The molecule has 108 valence electrons. The maximum absolute atomic E-state index is 12.1. The molecule has 1 rings (SSSR count). The summed E-state index contributed by atoms with van der Waals surface area (Å²) >= 11 is 0. The first kappa shape index (κ1) is 16.1. The van der Waals surface area contributed by atoms with Gasteiger partial charge in [-0.2, -0.15) is 0 Å². The van der Waals surface area contributed by atoms with Gasteiger partial charge in [0.2, 0.25) is 10.0 Å². The Balaban J connectivity index is 2.63. The van der Waals surface area contributed by atoms with E-state index >= 15 is 0 Å². The smallest absolute Gasteiger partial charge is 0.240 e. The number of benzene rings is 1. The van der Waals surface area contributed by atoms with Crippen LogP contribution in [-0.4, -0.2) is 47.6 Å². The van der Waals surface area contributed by atoms with Gasteiger partial charge >= 0.3 is 0 Å². The van der Waals surface area contributed by atoms with E-state index in [1.165, 1.54) is 0 Å². The first-order valence-electron chi connectivity index (χ1n) is 6.33. The first-order chi connectivity index (χ1) is 8.95. The van der Waals surface area contributed by atoms with Crippen LogP contribution in [0.4, 0.5) is 0 Å². The average molecular weight is 285 g/mol. The van der Waals surface area contributed by atoms with Gasteiger partial charge in [0.25, 0.3) is 0 Å². The average Bonchev–Trinajstić information content (AvgIpc) is 2.35. The second-order valence-electron chi connectivity index (χ2n) is 4.73. The van der Waals surface area contributed by atoms with E-state index in [0.29, 0.717) is 18.0 Å². The first-order valence-corrected chi connectivity index (χ1v) is 7.82. The zero-order valence-electron chi connectivity index (χ0n) is 11.8. The Morgan fingerprint density at radius 3 is 2.63 bits per heavy atom. The highest BCUT2D eigenvalue weighted by molar-refractivity contribution is 7.89. The molecular formula is C13H23N3O2S. The molecule has 19 heavy (non-hydrogen) atoms. The molecule has 0 aliphatic carbocycles. The third kappa shape index (κ3) is 5.69. The molecule has 0 spiro atoms. The maximum Gasteiger partial charge on any atom is 0.240 e. The molecule has 0 heterocycles. The molecule has 0 amide bonds. The Kier molecular flexibility index (Phi) is 6.44. The number of nitrogens with zero attached hydrogens (tertiary/aromatic N) is 1. The Hall–Kier alpha value is -0.950. The number of hydrogen-bond acceptors (Lipinski definition) is 4. The lowest BCUT2D eigenvalue weighted by atomic mass is 10.2. The van der Waals surface area contributed by atoms with Crippen LogP contribution in [0.5, 0.6) is 0 Å². The van der Waals surface area contributed by atoms with E-state index in [2.05, 4.69) is 10.0 Å². The third-order valence-electron chi connectivity index (χ3n) is 2.66. The van der Waals surface area contributed by atoms with Crippen LogP contribution in [-0.2, 0) is 16.6 Å². The Bertz CT molecular complexity index is 486. The van der Waals surface area contributed by atoms with Gasteiger partial charge < -0.3 is 10.2 Å². The summed E-state index contributed by atoms with van der Waals surface area (Å²) in [6.07, 6.45) is 0.794. The predicted molar refractivity (Wildman–Crippen MR) is 77.6 cm³/mol. The molecule has 0 unspecified atom stereocenters. The summed E-state index contributed by atoms with van der Waals surface area (Å²) in [5, 5.41) is 3.01. The van der Waals surface area contributed by atoms with Crippen molar-refractivity contribution in [3.8, 4) is 0 Å². The van der Waals surface area contributed by atoms with Crippen LogP contribution in [0.15, 0.2) is 29.2 Å². The fourth-order valence-electron chi connectivity index (χ4n) is 1.71. The van der Waals surface area contributed by atoms with Gasteiger partial charge in [0.1, 0.15) is 0 Å². The van der Waals surface area contributed by atoms with Crippen molar-refractivity contribution in [2.45, 2.75) is 17.9 Å². The largest absolute Gasteiger partial charge is 0.316 e. The lowest BCUT2D eigenvalue weighted by molar-refractivity contribution is 0.400. The predicted octanol–water partition coefficient (Wildman–Crippen LogP) is 0.636. The van der Waals surface area contributed by atoms with Crippen LogP contribution in [0.1, 0.15) is 12.0 Å². The molecule has 0 saturated carbocycles. The molecule has 1 aromatic rings. The van der Waals surface area contributed by atoms with Crippen LogP contribution in [0.2, 0.25) is 0 Å². The summed E-state index contributed by atoms with van der Waals surface area (Å²) in [5.74, 6) is 0. The van der Waals surface area contributed by atoms with Crippen LogP contribution in [0.3, 0.4) is 0 Å². The van der Waals surface area contributed by atoms with Crippen LogP contribution in [0, 0.1) is 0 Å². The fraction of sp³-hybridized carbons (Fsp3) is 0.538. The standard InChI is InChI=1S/C13H23N3O2S/c1-14-11-12-6-4-7-13(10-12)19(17,18)15-8-5-9-16(2)3/h4,6-7,10,14-15H,5,8-9,11H2,1-3H3. The van der Waals surface area contributed by atoms with Gasteiger partial charge in [-0.15, -0.1) is 0 Å². The normalized spacial score (nSPS) is 12.0. The second kappa shape index (κ2) is 7.59. The number of hydrogen-bond donors (Lipinski definition) is 2. The highest BCUT2D eigenvalue weighted by Crippen LogP contribution is 2.11. The summed E-state index contributed by atoms with van der Waals surface area (Å²) in [5.41, 5.74) is 0.957. The van der Waals surface area contributed by atoms with Crippen molar-refractivity contribution in [2.24, 2.45) is 0 Å². The Morgan fingerprint density at radius 1 is 1.26 bits per heavy atom. The van der Waals surface area contributed by atoms with Crippen molar-refractivity contribution in [3.05, 3.63) is 29.8 Å². The molecule has 0 aliphatic rings. The summed E-state index contributed by atoms with van der Waals surface area (Å²) in [6, 6.07) is 6.99. The van der Waals surface area contributed by atoms with Crippen molar-refractivity contribution in [3.63, 3.8) is 0 Å². The minimum Gasteiger partial charge on any atom is -0.316 e. The summed E-state index contributed by atoms with van der Waals surface area (Å²) in [7, 11) is 2.37. The molecule has 0 fully saturated rings. The monoisotopic (exact) mass is 285 g/mol. The molecule has 0 aliphatic heterocycles. The Morgan fingerprint density at radius 2 is 2.00 bits per heavy atom. The molecule has 0 radical (unpaired) electrons. The third-order valence-corrected chi connectivity index (χ3v) is 4.12. The van der Waals surface area contributed by atoms with Crippen molar-refractivity contribution in [2.75, 3.05) is 34.2 Å². The van der Waals surface area contributed by atoms with Crippen LogP contribution >= 0.6 is 0 Å². The van der Waals surface area contributed by atoms with E-state index in [-0.39, 0.29) is 0 Å².